The standard InChI is InChI=1S/C17H14BrN3OS/c18-16-8-6-15(23-16)7-9-17(22)20-14-4-2-13(3-5-14)12-21-11-1-10-19-21/h1-11H,12H2,(H,20,22)/b9-7+. The van der Waals surface area contributed by atoms with E-state index in [4.69, 9.17) is 0 Å². The van der Waals surface area contributed by atoms with Crippen molar-refractivity contribution in [1.29, 1.82) is 0 Å². The zero-order valence-corrected chi connectivity index (χ0v) is 14.5. The topological polar surface area (TPSA) is 46.9 Å². The molecule has 116 valence electrons. The van der Waals surface area contributed by atoms with Crippen molar-refractivity contribution in [2.75, 3.05) is 5.32 Å². The molecule has 6 heteroatoms. The predicted molar refractivity (Wildman–Crippen MR) is 97.5 cm³/mol. The quantitative estimate of drug-likeness (QED) is 0.659. The minimum Gasteiger partial charge on any atom is -0.323 e. The van der Waals surface area contributed by atoms with Crippen molar-refractivity contribution >= 4 is 44.9 Å². The van der Waals surface area contributed by atoms with Crippen LogP contribution in [0, 0.1) is 0 Å². The molecule has 0 fully saturated rings. The molecule has 1 amide bonds. The lowest BCUT2D eigenvalue weighted by atomic mass is 10.2. The van der Waals surface area contributed by atoms with E-state index in [0.29, 0.717) is 6.54 Å². The van der Waals surface area contributed by atoms with Gasteiger partial charge in [-0.05, 0) is 57.9 Å². The second kappa shape index (κ2) is 7.39. The van der Waals surface area contributed by atoms with Crippen molar-refractivity contribution in [3.8, 4) is 0 Å². The summed E-state index contributed by atoms with van der Waals surface area (Å²) in [5.41, 5.74) is 1.90. The van der Waals surface area contributed by atoms with Crippen LogP contribution in [0.2, 0.25) is 0 Å². The van der Waals surface area contributed by atoms with Gasteiger partial charge in [0.1, 0.15) is 0 Å². The minimum absolute atomic E-state index is 0.144. The van der Waals surface area contributed by atoms with Crippen LogP contribution in [0.5, 0.6) is 0 Å². The minimum atomic E-state index is -0.144. The van der Waals surface area contributed by atoms with Gasteiger partial charge in [0.05, 0.1) is 10.3 Å². The summed E-state index contributed by atoms with van der Waals surface area (Å²) in [6, 6.07) is 13.6. The highest BCUT2D eigenvalue weighted by Crippen LogP contribution is 2.23. The van der Waals surface area contributed by atoms with Gasteiger partial charge < -0.3 is 5.32 Å². The summed E-state index contributed by atoms with van der Waals surface area (Å²) in [5.74, 6) is -0.144. The molecule has 0 aliphatic heterocycles. The van der Waals surface area contributed by atoms with Gasteiger partial charge in [-0.25, -0.2) is 0 Å². The van der Waals surface area contributed by atoms with E-state index in [2.05, 4.69) is 26.3 Å². The van der Waals surface area contributed by atoms with Crippen LogP contribution in [-0.2, 0) is 11.3 Å². The molecular weight excluding hydrogens is 374 g/mol. The first-order valence-corrected chi connectivity index (χ1v) is 8.61. The number of hydrogen-bond acceptors (Lipinski definition) is 3. The summed E-state index contributed by atoms with van der Waals surface area (Å²) in [6.45, 7) is 0.717. The third-order valence-corrected chi connectivity index (χ3v) is 4.71. The number of rotatable bonds is 5. The molecule has 0 unspecified atom stereocenters. The second-order valence-corrected chi connectivity index (χ2v) is 7.36. The number of hydrogen-bond donors (Lipinski definition) is 1. The lowest BCUT2D eigenvalue weighted by Crippen LogP contribution is -2.07. The fraction of sp³-hybridized carbons (Fsp3) is 0.0588. The van der Waals surface area contributed by atoms with Crippen LogP contribution >= 0.6 is 27.3 Å². The number of aromatic nitrogens is 2. The molecule has 4 nitrogen and oxygen atoms in total. The molecule has 2 aromatic heterocycles. The molecule has 3 aromatic rings. The van der Waals surface area contributed by atoms with Crippen LogP contribution in [0.1, 0.15) is 10.4 Å². The summed E-state index contributed by atoms with van der Waals surface area (Å²) in [7, 11) is 0. The molecule has 2 heterocycles. The fourth-order valence-corrected chi connectivity index (χ4v) is 3.36. The zero-order chi connectivity index (χ0) is 16.1. The number of carbonyl (C=O) groups excluding carboxylic acids is 1. The average molecular weight is 388 g/mol. The van der Waals surface area contributed by atoms with Crippen molar-refractivity contribution in [3.05, 3.63) is 75.2 Å². The van der Waals surface area contributed by atoms with Gasteiger partial charge in [0.25, 0.3) is 0 Å². The lowest BCUT2D eigenvalue weighted by molar-refractivity contribution is -0.111. The average Bonchev–Trinajstić information content (AvgIpc) is 3.19. The number of nitrogens with zero attached hydrogens (tertiary/aromatic N) is 2. The molecule has 0 spiro atoms. The molecule has 0 atom stereocenters. The van der Waals surface area contributed by atoms with E-state index in [1.807, 2.05) is 53.3 Å². The van der Waals surface area contributed by atoms with Gasteiger partial charge in [0.2, 0.25) is 5.91 Å². The molecule has 3 rings (SSSR count). The summed E-state index contributed by atoms with van der Waals surface area (Å²) < 4.78 is 2.90. The van der Waals surface area contributed by atoms with Gasteiger partial charge in [0.15, 0.2) is 0 Å². The van der Waals surface area contributed by atoms with Crippen molar-refractivity contribution in [3.63, 3.8) is 0 Å². The highest BCUT2D eigenvalue weighted by atomic mass is 79.9. The van der Waals surface area contributed by atoms with Crippen molar-refractivity contribution < 1.29 is 4.79 Å². The van der Waals surface area contributed by atoms with Crippen LogP contribution in [0.25, 0.3) is 6.08 Å². The first kappa shape index (κ1) is 15.7. The van der Waals surface area contributed by atoms with E-state index in [0.717, 1.165) is 19.9 Å². The third kappa shape index (κ3) is 4.64. The Hall–Kier alpha value is -2.18. The summed E-state index contributed by atoms with van der Waals surface area (Å²) in [4.78, 5) is 12.9. The molecule has 0 radical (unpaired) electrons. The highest BCUT2D eigenvalue weighted by molar-refractivity contribution is 9.11. The van der Waals surface area contributed by atoms with E-state index in [-0.39, 0.29) is 5.91 Å². The molecule has 1 N–H and O–H groups in total. The Labute approximate surface area is 146 Å². The molecular formula is C17H14BrN3OS. The maximum atomic E-state index is 11.9. The summed E-state index contributed by atoms with van der Waals surface area (Å²) >= 11 is 4.98. The highest BCUT2D eigenvalue weighted by Gasteiger charge is 2.00. The fourth-order valence-electron chi connectivity index (χ4n) is 2.03. The van der Waals surface area contributed by atoms with Gasteiger partial charge in [-0.2, -0.15) is 5.10 Å². The third-order valence-electron chi connectivity index (χ3n) is 3.12. The summed E-state index contributed by atoms with van der Waals surface area (Å²) in [5, 5.41) is 7.02. The Morgan fingerprint density at radius 2 is 2.09 bits per heavy atom. The molecule has 0 aliphatic carbocycles. The number of amides is 1. The number of carbonyl (C=O) groups is 1. The lowest BCUT2D eigenvalue weighted by Gasteiger charge is -2.05. The van der Waals surface area contributed by atoms with E-state index >= 15 is 0 Å². The van der Waals surface area contributed by atoms with Crippen LogP contribution in [0.15, 0.2) is 64.7 Å². The molecule has 0 aliphatic rings. The predicted octanol–water partition coefficient (Wildman–Crippen LogP) is 4.41. The smallest absolute Gasteiger partial charge is 0.248 e. The Kier molecular flexibility index (Phi) is 5.05. The Bertz CT molecular complexity index is 807. The number of thiophene rings is 1. The molecule has 23 heavy (non-hydrogen) atoms. The monoisotopic (exact) mass is 387 g/mol. The van der Waals surface area contributed by atoms with E-state index in [9.17, 15) is 4.79 Å². The Morgan fingerprint density at radius 1 is 1.26 bits per heavy atom. The second-order valence-electron chi connectivity index (χ2n) is 4.87. The molecule has 0 saturated heterocycles. The van der Waals surface area contributed by atoms with E-state index < -0.39 is 0 Å². The van der Waals surface area contributed by atoms with Gasteiger partial charge in [0, 0.05) is 29.0 Å². The zero-order valence-electron chi connectivity index (χ0n) is 12.1. The van der Waals surface area contributed by atoms with Gasteiger partial charge >= 0.3 is 0 Å². The van der Waals surface area contributed by atoms with Crippen LogP contribution in [0.4, 0.5) is 5.69 Å². The van der Waals surface area contributed by atoms with Gasteiger partial charge in [-0.3, -0.25) is 9.48 Å². The van der Waals surface area contributed by atoms with Gasteiger partial charge in [-0.15, -0.1) is 11.3 Å². The normalized spacial score (nSPS) is 11.0. The first-order valence-electron chi connectivity index (χ1n) is 7.00. The summed E-state index contributed by atoms with van der Waals surface area (Å²) in [6.07, 6.45) is 7.02. The molecule has 0 bridgehead atoms. The van der Waals surface area contributed by atoms with Gasteiger partial charge in [-0.1, -0.05) is 12.1 Å². The van der Waals surface area contributed by atoms with E-state index in [1.165, 1.54) is 6.08 Å². The molecule has 1 aromatic carbocycles. The number of halogens is 1. The van der Waals surface area contributed by atoms with Crippen molar-refractivity contribution in [2.24, 2.45) is 0 Å². The van der Waals surface area contributed by atoms with E-state index in [1.54, 1.807) is 23.6 Å². The maximum absolute atomic E-state index is 11.9. The van der Waals surface area contributed by atoms with Crippen LogP contribution < -0.4 is 5.32 Å². The Balaban J connectivity index is 1.57. The number of nitrogens with one attached hydrogen (secondary N) is 1. The van der Waals surface area contributed by atoms with Crippen molar-refractivity contribution in [2.45, 2.75) is 6.54 Å². The van der Waals surface area contributed by atoms with Crippen LogP contribution in [0.3, 0.4) is 0 Å². The maximum Gasteiger partial charge on any atom is 0.248 e. The Morgan fingerprint density at radius 3 is 2.74 bits per heavy atom. The number of anilines is 1. The SMILES string of the molecule is O=C(/C=C/c1ccc(Br)s1)Nc1ccc(Cn2cccn2)cc1. The first-order chi connectivity index (χ1) is 11.2. The largest absolute Gasteiger partial charge is 0.323 e. The van der Waals surface area contributed by atoms with Crippen LogP contribution in [-0.4, -0.2) is 15.7 Å². The van der Waals surface area contributed by atoms with Crippen molar-refractivity contribution in [1.82, 2.24) is 9.78 Å². The number of benzene rings is 1. The molecule has 0 saturated carbocycles.